The number of rotatable bonds is 7. The van der Waals surface area contributed by atoms with Gasteiger partial charge in [-0.2, -0.15) is 18.2 Å². The number of hydrogen-bond acceptors (Lipinski definition) is 4. The second-order valence-corrected chi connectivity index (χ2v) is 13.7. The van der Waals surface area contributed by atoms with Gasteiger partial charge >= 0.3 is 6.18 Å². The van der Waals surface area contributed by atoms with Crippen molar-refractivity contribution in [1.82, 2.24) is 19.8 Å². The topological polar surface area (TPSA) is 103 Å². The standard InChI is InChI=1S/C34H43F4N5O3/c1-20(2)39-30(44)22-6-9-25(10-7-22)43-29-17-21(19-42-15-13-24(14-16-42)33(3,4)46)5-12-28(29)40-32(43)41-31(45)23-8-11-27(35)26(18-23)34(36,37)38/h5,8,11-12,17-18,20,22,24-25,46H,6-7,9-10,13-16,19H2,1-4H3,(H,39,44)(H,40,41,45)/t22-,25+. The second-order valence-electron chi connectivity index (χ2n) is 13.7. The number of halogens is 4. The fourth-order valence-corrected chi connectivity index (χ4v) is 6.82. The number of likely N-dealkylation sites (tertiary alicyclic amines) is 1. The zero-order valence-electron chi connectivity index (χ0n) is 26.8. The lowest BCUT2D eigenvalue weighted by Gasteiger charge is -2.37. The summed E-state index contributed by atoms with van der Waals surface area (Å²) in [7, 11) is 0. The number of carbonyl (C=O) groups excluding carboxylic acids is 2. The summed E-state index contributed by atoms with van der Waals surface area (Å²) >= 11 is 0. The highest BCUT2D eigenvalue weighted by atomic mass is 19.4. The molecule has 3 aromatic rings. The monoisotopic (exact) mass is 645 g/mol. The van der Waals surface area contributed by atoms with Crippen molar-refractivity contribution < 1.29 is 32.3 Å². The van der Waals surface area contributed by atoms with Gasteiger partial charge in [0, 0.05) is 30.1 Å². The van der Waals surface area contributed by atoms with Gasteiger partial charge in [-0.3, -0.25) is 14.5 Å². The van der Waals surface area contributed by atoms with E-state index in [1.165, 1.54) is 0 Å². The van der Waals surface area contributed by atoms with E-state index in [1.54, 1.807) is 0 Å². The van der Waals surface area contributed by atoms with Gasteiger partial charge < -0.3 is 20.0 Å². The minimum Gasteiger partial charge on any atom is -0.390 e. The van der Waals surface area contributed by atoms with Gasteiger partial charge in [0.2, 0.25) is 11.5 Å². The molecule has 12 heteroatoms. The van der Waals surface area contributed by atoms with Gasteiger partial charge in [-0.25, -0.2) is 4.39 Å². The molecule has 250 valence electrons. The average molecular weight is 646 g/mol. The van der Waals surface area contributed by atoms with Crippen LogP contribution >= 0.6 is 0 Å². The first kappa shape index (κ1) is 33.8. The summed E-state index contributed by atoms with van der Waals surface area (Å²) in [5, 5.41) is 13.4. The highest BCUT2D eigenvalue weighted by Crippen LogP contribution is 2.35. The lowest BCUT2D eigenvalue weighted by Crippen LogP contribution is -2.41. The van der Waals surface area contributed by atoms with Crippen LogP contribution in [0.3, 0.4) is 0 Å². The Kier molecular flexibility index (Phi) is 9.79. The maximum Gasteiger partial charge on any atom is 0.419 e. The maximum atomic E-state index is 13.9. The maximum absolute atomic E-state index is 13.9. The van der Waals surface area contributed by atoms with Gasteiger partial charge in [0.15, 0.2) is 0 Å². The van der Waals surface area contributed by atoms with E-state index in [1.807, 2.05) is 44.4 Å². The van der Waals surface area contributed by atoms with Crippen LogP contribution in [0.5, 0.6) is 0 Å². The van der Waals surface area contributed by atoms with Gasteiger partial charge in [0.1, 0.15) is 5.82 Å². The Morgan fingerprint density at radius 1 is 1.02 bits per heavy atom. The molecule has 2 fully saturated rings. The molecular formula is C34H43F4N5O3. The Hall–Kier alpha value is -3.51. The first-order valence-corrected chi connectivity index (χ1v) is 16.0. The molecule has 0 spiro atoms. The third kappa shape index (κ3) is 7.71. The number of alkyl halides is 3. The molecule has 1 saturated carbocycles. The molecular weight excluding hydrogens is 602 g/mol. The van der Waals surface area contributed by atoms with Crippen molar-refractivity contribution in [1.29, 1.82) is 0 Å². The molecule has 2 heterocycles. The van der Waals surface area contributed by atoms with E-state index < -0.39 is 29.1 Å². The van der Waals surface area contributed by atoms with Crippen molar-refractivity contribution in [2.45, 2.75) is 96.6 Å². The van der Waals surface area contributed by atoms with Crippen LogP contribution in [-0.2, 0) is 17.5 Å². The molecule has 46 heavy (non-hydrogen) atoms. The van der Waals surface area contributed by atoms with Crippen molar-refractivity contribution in [3.63, 3.8) is 0 Å². The third-order valence-electron chi connectivity index (χ3n) is 9.38. The number of piperidine rings is 1. The molecule has 3 N–H and O–H groups in total. The number of aromatic amines is 1. The van der Waals surface area contributed by atoms with Crippen LogP contribution in [0.4, 0.5) is 17.6 Å². The summed E-state index contributed by atoms with van der Waals surface area (Å²) < 4.78 is 56.0. The predicted octanol–water partition coefficient (Wildman–Crippen LogP) is 6.11. The van der Waals surface area contributed by atoms with Crippen molar-refractivity contribution in [2.24, 2.45) is 16.8 Å². The first-order valence-electron chi connectivity index (χ1n) is 16.0. The predicted molar refractivity (Wildman–Crippen MR) is 166 cm³/mol. The summed E-state index contributed by atoms with van der Waals surface area (Å²) in [4.78, 5) is 35.7. The number of aromatic nitrogens is 2. The number of benzene rings is 2. The zero-order valence-corrected chi connectivity index (χ0v) is 26.8. The summed E-state index contributed by atoms with van der Waals surface area (Å²) in [6.45, 7) is 9.96. The zero-order chi connectivity index (χ0) is 33.4. The number of aliphatic hydroxyl groups is 1. The lowest BCUT2D eigenvalue weighted by atomic mass is 9.83. The average Bonchev–Trinajstić information content (AvgIpc) is 3.33. The quantitative estimate of drug-likeness (QED) is 0.270. The molecule has 1 aliphatic carbocycles. The number of fused-ring (bicyclic) bond motifs is 1. The SMILES string of the molecule is CC(C)NC(=O)[C@H]1CC[C@@H](n2/c(=N/C(=O)c3ccc(F)c(C(F)(F)F)c3)[nH]c3ccc(CN4CCC(C(C)(C)O)CC4)cc32)CC1. The highest BCUT2D eigenvalue weighted by Gasteiger charge is 2.35. The highest BCUT2D eigenvalue weighted by molar-refractivity contribution is 5.95. The minimum atomic E-state index is -4.96. The number of imidazole rings is 1. The smallest absolute Gasteiger partial charge is 0.390 e. The normalized spacial score (nSPS) is 20.9. The van der Waals surface area contributed by atoms with E-state index in [-0.39, 0.29) is 41.0 Å². The molecule has 0 unspecified atom stereocenters. The molecule has 1 aromatic heterocycles. The van der Waals surface area contributed by atoms with E-state index >= 15 is 0 Å². The van der Waals surface area contributed by atoms with E-state index in [9.17, 15) is 32.3 Å². The van der Waals surface area contributed by atoms with Crippen LogP contribution in [0.1, 0.15) is 93.7 Å². The van der Waals surface area contributed by atoms with Gasteiger partial charge in [0.05, 0.1) is 22.2 Å². The van der Waals surface area contributed by atoms with E-state index in [2.05, 4.69) is 26.3 Å². The molecule has 0 bridgehead atoms. The van der Waals surface area contributed by atoms with Gasteiger partial charge in [-0.1, -0.05) is 6.07 Å². The van der Waals surface area contributed by atoms with Crippen LogP contribution in [0.25, 0.3) is 11.0 Å². The Morgan fingerprint density at radius 3 is 2.30 bits per heavy atom. The molecule has 5 rings (SSSR count). The Morgan fingerprint density at radius 2 is 1.70 bits per heavy atom. The van der Waals surface area contributed by atoms with E-state index in [0.29, 0.717) is 49.9 Å². The van der Waals surface area contributed by atoms with Crippen LogP contribution in [0.2, 0.25) is 0 Å². The summed E-state index contributed by atoms with van der Waals surface area (Å²) in [6, 6.07) is 8.01. The fourth-order valence-electron chi connectivity index (χ4n) is 6.82. The third-order valence-corrected chi connectivity index (χ3v) is 9.38. The number of carbonyl (C=O) groups is 2. The Bertz CT molecular complexity index is 1640. The summed E-state index contributed by atoms with van der Waals surface area (Å²) in [6.07, 6.45) is -0.593. The number of amides is 2. The van der Waals surface area contributed by atoms with E-state index in [4.69, 9.17) is 0 Å². The van der Waals surface area contributed by atoms with Crippen molar-refractivity contribution in [2.75, 3.05) is 13.1 Å². The second kappa shape index (κ2) is 13.3. The number of nitrogens with zero attached hydrogens (tertiary/aromatic N) is 3. The van der Waals surface area contributed by atoms with Gasteiger partial charge in [-0.05, 0) is 121 Å². The fraction of sp³-hybridized carbons (Fsp3) is 0.559. The molecule has 0 radical (unpaired) electrons. The molecule has 1 aliphatic heterocycles. The molecule has 2 amide bonds. The molecule has 0 atom stereocenters. The number of H-pyrrole nitrogens is 1. The lowest BCUT2D eigenvalue weighted by molar-refractivity contribution is -0.140. The van der Waals surface area contributed by atoms with Crippen LogP contribution < -0.4 is 10.9 Å². The molecule has 2 aliphatic rings. The van der Waals surface area contributed by atoms with E-state index in [0.717, 1.165) is 43.1 Å². The Labute approximate surface area is 265 Å². The largest absolute Gasteiger partial charge is 0.419 e. The molecule has 2 aromatic carbocycles. The molecule has 8 nitrogen and oxygen atoms in total. The van der Waals surface area contributed by atoms with Crippen LogP contribution in [0, 0.1) is 17.7 Å². The summed E-state index contributed by atoms with van der Waals surface area (Å²) in [5.74, 6) is -2.25. The minimum absolute atomic E-state index is 0.0184. The Balaban J connectivity index is 1.47. The first-order chi connectivity index (χ1) is 21.6. The number of nitrogens with one attached hydrogen (secondary N) is 2. The summed E-state index contributed by atoms with van der Waals surface area (Å²) in [5.41, 5.74) is 0.159. The van der Waals surface area contributed by atoms with Gasteiger partial charge in [0.25, 0.3) is 5.91 Å². The van der Waals surface area contributed by atoms with Crippen LogP contribution in [0.15, 0.2) is 41.4 Å². The molecule has 1 saturated heterocycles. The van der Waals surface area contributed by atoms with Crippen molar-refractivity contribution >= 4 is 22.8 Å². The van der Waals surface area contributed by atoms with Crippen molar-refractivity contribution in [3.8, 4) is 0 Å². The van der Waals surface area contributed by atoms with Gasteiger partial charge in [-0.15, -0.1) is 0 Å². The van der Waals surface area contributed by atoms with Crippen LogP contribution in [-0.4, -0.2) is 56.1 Å². The number of hydrogen-bond donors (Lipinski definition) is 3. The van der Waals surface area contributed by atoms with Crippen molar-refractivity contribution in [3.05, 3.63) is 64.5 Å².